The van der Waals surface area contributed by atoms with Crippen molar-refractivity contribution in [2.24, 2.45) is 0 Å². The first-order chi connectivity index (χ1) is 14.1. The van der Waals surface area contributed by atoms with Gasteiger partial charge in [-0.25, -0.2) is 18.7 Å². The molecule has 0 spiro atoms. The highest BCUT2D eigenvalue weighted by Gasteiger charge is 2.20. The molecule has 0 aliphatic rings. The van der Waals surface area contributed by atoms with Crippen LogP contribution in [0.5, 0.6) is 5.75 Å². The second-order valence-corrected chi connectivity index (χ2v) is 7.59. The summed E-state index contributed by atoms with van der Waals surface area (Å²) in [7, 11) is 0. The molecule has 1 aromatic carbocycles. The molecule has 0 fully saturated rings. The highest BCUT2D eigenvalue weighted by molar-refractivity contribution is 5.55. The number of nitrogens with zero attached hydrogens (tertiary/aromatic N) is 2. The third kappa shape index (κ3) is 8.46. The number of aryl methyl sites for hydroxylation is 1. The van der Waals surface area contributed by atoms with Crippen LogP contribution >= 0.6 is 0 Å². The first-order valence-electron chi connectivity index (χ1n) is 11.0. The van der Waals surface area contributed by atoms with E-state index in [4.69, 9.17) is 4.74 Å². The van der Waals surface area contributed by atoms with Crippen LogP contribution in [0.4, 0.5) is 8.78 Å². The monoisotopic (exact) mass is 404 g/mol. The quantitative estimate of drug-likeness (QED) is 0.321. The predicted octanol–water partition coefficient (Wildman–Crippen LogP) is 6.90. The first kappa shape index (κ1) is 23.2. The SMILES string of the molecule is CCCCCCCCc1cnc(-c2ccc(OCC(F)C(F)CCC)cc2)nc1. The van der Waals surface area contributed by atoms with Crippen molar-refractivity contribution in [2.45, 2.75) is 84.0 Å². The van der Waals surface area contributed by atoms with Gasteiger partial charge in [-0.3, -0.25) is 0 Å². The van der Waals surface area contributed by atoms with Crippen molar-refractivity contribution >= 4 is 0 Å². The van der Waals surface area contributed by atoms with Gasteiger partial charge in [-0.1, -0.05) is 52.4 Å². The minimum Gasteiger partial charge on any atom is -0.490 e. The molecule has 0 aliphatic carbocycles. The van der Waals surface area contributed by atoms with Crippen LogP contribution in [0, 0.1) is 0 Å². The number of aromatic nitrogens is 2. The maximum atomic E-state index is 13.7. The Labute approximate surface area is 173 Å². The van der Waals surface area contributed by atoms with Crippen molar-refractivity contribution in [1.82, 2.24) is 9.97 Å². The van der Waals surface area contributed by atoms with Gasteiger partial charge in [0.05, 0.1) is 0 Å². The average Bonchev–Trinajstić information content (AvgIpc) is 2.75. The van der Waals surface area contributed by atoms with Crippen LogP contribution in [0.3, 0.4) is 0 Å². The third-order valence-corrected chi connectivity index (χ3v) is 5.00. The van der Waals surface area contributed by atoms with Crippen LogP contribution in [-0.4, -0.2) is 28.9 Å². The Morgan fingerprint density at radius 3 is 2.14 bits per heavy atom. The maximum Gasteiger partial charge on any atom is 0.165 e. The molecule has 3 nitrogen and oxygen atoms in total. The van der Waals surface area contributed by atoms with Gasteiger partial charge in [-0.2, -0.15) is 0 Å². The highest BCUT2D eigenvalue weighted by atomic mass is 19.2. The van der Waals surface area contributed by atoms with Gasteiger partial charge in [0.1, 0.15) is 18.5 Å². The van der Waals surface area contributed by atoms with E-state index < -0.39 is 12.3 Å². The van der Waals surface area contributed by atoms with Crippen LogP contribution in [-0.2, 0) is 6.42 Å². The summed E-state index contributed by atoms with van der Waals surface area (Å²) in [5, 5.41) is 0. The number of hydrogen-bond acceptors (Lipinski definition) is 3. The van der Waals surface area contributed by atoms with Crippen molar-refractivity contribution < 1.29 is 13.5 Å². The minimum absolute atomic E-state index is 0.218. The number of alkyl halides is 2. The van der Waals surface area contributed by atoms with Crippen molar-refractivity contribution in [3.8, 4) is 17.1 Å². The van der Waals surface area contributed by atoms with Crippen molar-refractivity contribution in [3.05, 3.63) is 42.2 Å². The number of hydrogen-bond donors (Lipinski definition) is 0. The molecule has 5 heteroatoms. The van der Waals surface area contributed by atoms with E-state index in [1.54, 1.807) is 12.1 Å². The third-order valence-electron chi connectivity index (χ3n) is 5.00. The van der Waals surface area contributed by atoms with Gasteiger partial charge in [-0.05, 0) is 49.1 Å². The van der Waals surface area contributed by atoms with Crippen molar-refractivity contribution in [2.75, 3.05) is 6.61 Å². The van der Waals surface area contributed by atoms with Gasteiger partial charge in [-0.15, -0.1) is 0 Å². The summed E-state index contributed by atoms with van der Waals surface area (Å²) in [6.45, 7) is 3.79. The van der Waals surface area contributed by atoms with Gasteiger partial charge in [0.2, 0.25) is 0 Å². The lowest BCUT2D eigenvalue weighted by molar-refractivity contribution is 0.103. The van der Waals surface area contributed by atoms with Crippen LogP contribution in [0.2, 0.25) is 0 Å². The number of ether oxygens (including phenoxy) is 1. The molecule has 2 rings (SSSR count). The minimum atomic E-state index is -1.60. The van der Waals surface area contributed by atoms with Crippen molar-refractivity contribution in [3.63, 3.8) is 0 Å². The zero-order valence-corrected chi connectivity index (χ0v) is 17.7. The topological polar surface area (TPSA) is 35.0 Å². The van der Waals surface area contributed by atoms with E-state index in [9.17, 15) is 8.78 Å². The molecule has 1 aromatic heterocycles. The van der Waals surface area contributed by atoms with E-state index in [0.29, 0.717) is 18.0 Å². The van der Waals surface area contributed by atoms with Crippen LogP contribution < -0.4 is 4.74 Å². The Balaban J connectivity index is 1.79. The number of unbranched alkanes of at least 4 members (excludes halogenated alkanes) is 5. The van der Waals surface area contributed by atoms with Gasteiger partial charge in [0.25, 0.3) is 0 Å². The molecule has 0 saturated carbocycles. The molecule has 0 saturated heterocycles. The lowest BCUT2D eigenvalue weighted by atomic mass is 10.1. The van der Waals surface area contributed by atoms with E-state index in [-0.39, 0.29) is 13.0 Å². The Bertz CT molecular complexity index is 676. The average molecular weight is 405 g/mol. The van der Waals surface area contributed by atoms with Gasteiger partial charge in [0, 0.05) is 18.0 Å². The van der Waals surface area contributed by atoms with E-state index >= 15 is 0 Å². The molecule has 2 aromatic rings. The molecule has 2 atom stereocenters. The summed E-state index contributed by atoms with van der Waals surface area (Å²) in [6, 6.07) is 7.15. The summed E-state index contributed by atoms with van der Waals surface area (Å²) >= 11 is 0. The first-order valence-corrected chi connectivity index (χ1v) is 11.0. The zero-order valence-electron chi connectivity index (χ0n) is 17.7. The standard InChI is InChI=1S/C24H34F2N2O/c1-3-5-6-7-8-9-11-19-16-27-24(28-17-19)20-12-14-21(15-13-20)29-18-23(26)22(25)10-4-2/h12-17,22-23H,3-11,18H2,1-2H3. The molecule has 0 amide bonds. The largest absolute Gasteiger partial charge is 0.490 e. The molecule has 0 bridgehead atoms. The van der Waals surface area contributed by atoms with Gasteiger partial charge >= 0.3 is 0 Å². The predicted molar refractivity (Wildman–Crippen MR) is 115 cm³/mol. The fourth-order valence-electron chi connectivity index (χ4n) is 3.18. The Kier molecular flexibility index (Phi) is 10.6. The maximum absolute atomic E-state index is 13.7. The van der Waals surface area contributed by atoms with Gasteiger partial charge < -0.3 is 4.74 Å². The highest BCUT2D eigenvalue weighted by Crippen LogP contribution is 2.21. The zero-order chi connectivity index (χ0) is 20.9. The van der Waals surface area contributed by atoms with Crippen LogP contribution in [0.15, 0.2) is 36.7 Å². The number of benzene rings is 1. The summed E-state index contributed by atoms with van der Waals surface area (Å²) in [5.41, 5.74) is 2.03. The lowest BCUT2D eigenvalue weighted by Gasteiger charge is -2.14. The molecule has 0 radical (unpaired) electrons. The summed E-state index contributed by atoms with van der Waals surface area (Å²) < 4.78 is 32.6. The van der Waals surface area contributed by atoms with Crippen LogP contribution in [0.25, 0.3) is 11.4 Å². The van der Waals surface area contributed by atoms with E-state index in [0.717, 1.165) is 17.5 Å². The normalized spacial score (nSPS) is 13.2. The Morgan fingerprint density at radius 1 is 0.828 bits per heavy atom. The summed E-state index contributed by atoms with van der Waals surface area (Å²) in [5.74, 6) is 1.16. The fraction of sp³-hybridized carbons (Fsp3) is 0.583. The number of rotatable bonds is 14. The second-order valence-electron chi connectivity index (χ2n) is 7.59. The van der Waals surface area contributed by atoms with E-state index in [1.807, 2.05) is 31.5 Å². The fourth-order valence-corrected chi connectivity index (χ4v) is 3.18. The van der Waals surface area contributed by atoms with Crippen LogP contribution in [0.1, 0.15) is 70.8 Å². The smallest absolute Gasteiger partial charge is 0.165 e. The Hall–Kier alpha value is -2.04. The van der Waals surface area contributed by atoms with Gasteiger partial charge in [0.15, 0.2) is 12.0 Å². The molecule has 0 aliphatic heterocycles. The molecule has 1 heterocycles. The molecule has 160 valence electrons. The summed E-state index contributed by atoms with van der Waals surface area (Å²) in [6.07, 6.45) is 10.2. The summed E-state index contributed by atoms with van der Waals surface area (Å²) in [4.78, 5) is 8.93. The molecule has 29 heavy (non-hydrogen) atoms. The molecule has 0 N–H and O–H groups in total. The van der Waals surface area contributed by atoms with E-state index in [1.165, 1.54) is 38.5 Å². The second kappa shape index (κ2) is 13.2. The molecule has 2 unspecified atom stereocenters. The lowest BCUT2D eigenvalue weighted by Crippen LogP contribution is -2.24. The van der Waals surface area contributed by atoms with E-state index in [2.05, 4.69) is 16.9 Å². The molecular weight excluding hydrogens is 370 g/mol. The van der Waals surface area contributed by atoms with Crippen molar-refractivity contribution in [1.29, 1.82) is 0 Å². The Morgan fingerprint density at radius 2 is 1.48 bits per heavy atom. The molecular formula is C24H34F2N2O. The number of halogens is 2.